The number of methoxy groups -OCH3 is 1. The van der Waals surface area contributed by atoms with Crippen molar-refractivity contribution in [1.29, 1.82) is 0 Å². The van der Waals surface area contributed by atoms with Gasteiger partial charge in [-0.15, -0.1) is 0 Å². The van der Waals surface area contributed by atoms with Gasteiger partial charge in [0.15, 0.2) is 33.9 Å². The summed E-state index contributed by atoms with van der Waals surface area (Å²) in [5, 5.41) is 0. The molecule has 2 aliphatic heterocycles. The summed E-state index contributed by atoms with van der Waals surface area (Å²) in [6.45, 7) is 8.60. The molecule has 79 heavy (non-hydrogen) atoms. The fourth-order valence-electron chi connectivity index (χ4n) is 11.9. The highest BCUT2D eigenvalue weighted by atomic mass is 31.2. The van der Waals surface area contributed by atoms with Crippen LogP contribution in [0.4, 0.5) is 0 Å². The third kappa shape index (κ3) is 8.87. The van der Waals surface area contributed by atoms with Crippen LogP contribution >= 0.6 is 17.2 Å². The number of ether oxygens (including phenoxy) is 1. The smallest absolute Gasteiger partial charge is 0.400 e. The second kappa shape index (κ2) is 21.9. The second-order valence-electron chi connectivity index (χ2n) is 20.4. The lowest BCUT2D eigenvalue weighted by Gasteiger charge is -2.43. The van der Waals surface area contributed by atoms with Crippen LogP contribution in [-0.2, 0) is 40.5 Å². The third-order valence-electron chi connectivity index (χ3n) is 15.3. The van der Waals surface area contributed by atoms with Crippen molar-refractivity contribution >= 4 is 17.2 Å². The summed E-state index contributed by atoms with van der Waals surface area (Å²) in [5.74, 6) is 1.63. The summed E-state index contributed by atoms with van der Waals surface area (Å²) >= 11 is 0. The molecule has 0 amide bonds. The van der Waals surface area contributed by atoms with Gasteiger partial charge in [0.05, 0.1) is 7.11 Å². The topological polar surface area (TPSA) is 64.6 Å². The average molecular weight is 1080 g/mol. The van der Waals surface area contributed by atoms with Gasteiger partial charge in [0.1, 0.15) is 5.75 Å². The molecule has 0 aliphatic carbocycles. The van der Waals surface area contributed by atoms with E-state index in [1.165, 1.54) is 0 Å². The Labute approximate surface area is 466 Å². The Hall–Kier alpha value is -7.70. The average Bonchev–Trinajstić information content (AvgIpc) is 3.44. The Morgan fingerprint density at radius 1 is 0.342 bits per heavy atom. The fourth-order valence-corrected chi connectivity index (χ4v) is 15.0. The lowest BCUT2D eigenvalue weighted by molar-refractivity contribution is 0.00370. The predicted molar refractivity (Wildman–Crippen MR) is 316 cm³/mol. The first kappa shape index (κ1) is 52.0. The van der Waals surface area contributed by atoms with Crippen LogP contribution in [0.15, 0.2) is 267 Å². The van der Waals surface area contributed by atoms with Gasteiger partial charge in [0, 0.05) is 11.1 Å². The minimum Gasteiger partial charge on any atom is -0.493 e. The molecule has 0 saturated carbocycles. The second-order valence-corrected chi connectivity index (χ2v) is 22.3. The summed E-state index contributed by atoms with van der Waals surface area (Å²) in [7, 11) is -2.83. The van der Waals surface area contributed by atoms with Gasteiger partial charge in [-0.1, -0.05) is 257 Å². The van der Waals surface area contributed by atoms with Crippen LogP contribution in [0.5, 0.6) is 17.2 Å². The van der Waals surface area contributed by atoms with Gasteiger partial charge >= 0.3 is 17.2 Å². The maximum absolute atomic E-state index is 7.71. The van der Waals surface area contributed by atoms with Crippen LogP contribution in [0.1, 0.15) is 81.0 Å². The predicted octanol–water partition coefficient (Wildman–Crippen LogP) is 18.2. The number of hydrogen-bond donors (Lipinski definition) is 0. The minimum absolute atomic E-state index is 0.154. The van der Waals surface area contributed by atoms with E-state index in [2.05, 4.69) is 191 Å². The molecule has 392 valence electrons. The van der Waals surface area contributed by atoms with E-state index in [1.807, 2.05) is 103 Å². The number of hydrogen-bond acceptors (Lipinski definition) is 7. The van der Waals surface area contributed by atoms with Crippen LogP contribution in [0.25, 0.3) is 11.1 Å². The van der Waals surface area contributed by atoms with Gasteiger partial charge in [-0.05, 0) is 105 Å². The van der Waals surface area contributed by atoms with Crippen LogP contribution in [0.3, 0.4) is 0 Å². The molecule has 0 radical (unpaired) electrons. The summed E-state index contributed by atoms with van der Waals surface area (Å²) < 4.78 is 52.1. The molecule has 12 rings (SSSR count). The van der Waals surface area contributed by atoms with Crippen molar-refractivity contribution in [3.63, 3.8) is 0 Å². The zero-order valence-electron chi connectivity index (χ0n) is 44.7. The zero-order valence-corrected chi connectivity index (χ0v) is 46.5. The Morgan fingerprint density at radius 3 is 0.911 bits per heavy atom. The molecule has 10 aromatic carbocycles. The molecule has 0 bridgehead atoms. The van der Waals surface area contributed by atoms with Crippen molar-refractivity contribution in [2.24, 2.45) is 0 Å². The van der Waals surface area contributed by atoms with E-state index >= 15 is 0 Å². The standard InChI is InChI=1S/C70H60O7P2/c1-50(2)61-49-62(64(48-52(61)4)72-78-74-67(53-30-14-6-15-31-53,54-32-16-7-17-33-54)68(75-78,55-34-18-8-19-35-55)56-36-20-9-21-37-56)63-46-51(3)47-65(71-5)66(63)73-79-76-69(57-38-22-10-23-39-57,58-40-24-11-25-41-58)70(77-79,59-42-26-12-27-43-59)60-44-28-13-29-45-60/h6-50H,1-5H3. The number of benzene rings is 10. The molecule has 0 atom stereocenters. The summed E-state index contributed by atoms with van der Waals surface area (Å²) in [6, 6.07) is 91.3. The van der Waals surface area contributed by atoms with E-state index in [9.17, 15) is 0 Å². The van der Waals surface area contributed by atoms with Gasteiger partial charge in [-0.2, -0.15) is 0 Å². The lowest BCUT2D eigenvalue weighted by atomic mass is 9.66. The minimum atomic E-state index is -2.27. The van der Waals surface area contributed by atoms with Crippen LogP contribution in [0.2, 0.25) is 0 Å². The molecular formula is C70H60O7P2. The molecule has 7 nitrogen and oxygen atoms in total. The fraction of sp³-hybridized carbons (Fsp3) is 0.143. The van der Waals surface area contributed by atoms with Gasteiger partial charge in [0.25, 0.3) is 0 Å². The monoisotopic (exact) mass is 1070 g/mol. The normalized spacial score (nSPS) is 16.4. The largest absolute Gasteiger partial charge is 0.493 e. The molecule has 0 spiro atoms. The molecule has 0 unspecified atom stereocenters. The van der Waals surface area contributed by atoms with E-state index < -0.39 is 39.6 Å². The first-order chi connectivity index (χ1) is 38.7. The van der Waals surface area contributed by atoms with E-state index in [-0.39, 0.29) is 5.92 Å². The van der Waals surface area contributed by atoms with Gasteiger partial charge in [-0.3, -0.25) is 18.1 Å². The summed E-state index contributed by atoms with van der Waals surface area (Å²) in [4.78, 5) is 0. The highest BCUT2D eigenvalue weighted by Gasteiger charge is 2.68. The molecular weight excluding hydrogens is 1010 g/mol. The summed E-state index contributed by atoms with van der Waals surface area (Å²) in [6.07, 6.45) is 0. The first-order valence-corrected chi connectivity index (χ1v) is 28.9. The molecule has 2 saturated heterocycles. The van der Waals surface area contributed by atoms with E-state index in [1.54, 1.807) is 7.11 Å². The van der Waals surface area contributed by atoms with E-state index in [0.717, 1.165) is 66.8 Å². The van der Waals surface area contributed by atoms with Gasteiger partial charge < -0.3 is 13.8 Å². The Kier molecular flexibility index (Phi) is 14.4. The quantitative estimate of drug-likeness (QED) is 0.0948. The maximum atomic E-state index is 7.71. The van der Waals surface area contributed by atoms with Crippen molar-refractivity contribution in [3.05, 3.63) is 328 Å². The zero-order chi connectivity index (χ0) is 54.0. The van der Waals surface area contributed by atoms with Crippen LogP contribution in [-0.4, -0.2) is 7.11 Å². The first-order valence-electron chi connectivity index (χ1n) is 26.7. The van der Waals surface area contributed by atoms with Gasteiger partial charge in [-0.25, -0.2) is 0 Å². The molecule has 9 heteroatoms. The van der Waals surface area contributed by atoms with Crippen LogP contribution < -0.4 is 13.8 Å². The van der Waals surface area contributed by atoms with Crippen LogP contribution in [0, 0.1) is 13.8 Å². The molecule has 2 heterocycles. The van der Waals surface area contributed by atoms with Crippen molar-refractivity contribution < 1.29 is 31.9 Å². The Morgan fingerprint density at radius 2 is 0.633 bits per heavy atom. The lowest BCUT2D eigenvalue weighted by Crippen LogP contribution is -2.48. The summed E-state index contributed by atoms with van der Waals surface area (Å²) in [5.41, 5.74) is 6.85. The highest BCUT2D eigenvalue weighted by Crippen LogP contribution is 2.73. The number of rotatable bonds is 15. The van der Waals surface area contributed by atoms with Crippen molar-refractivity contribution in [1.82, 2.24) is 0 Å². The van der Waals surface area contributed by atoms with Crippen molar-refractivity contribution in [2.45, 2.75) is 56.0 Å². The van der Waals surface area contributed by atoms with Crippen molar-refractivity contribution in [2.75, 3.05) is 7.11 Å². The van der Waals surface area contributed by atoms with Gasteiger partial charge in [0.2, 0.25) is 0 Å². The molecule has 2 aliphatic rings. The maximum Gasteiger partial charge on any atom is 0.400 e. The Balaban J connectivity index is 1.05. The van der Waals surface area contributed by atoms with E-state index in [4.69, 9.17) is 31.9 Å². The van der Waals surface area contributed by atoms with Crippen molar-refractivity contribution in [3.8, 4) is 28.4 Å². The van der Waals surface area contributed by atoms with E-state index in [0.29, 0.717) is 22.8 Å². The molecule has 0 N–H and O–H groups in total. The molecule has 10 aromatic rings. The third-order valence-corrected chi connectivity index (χ3v) is 17.7. The highest BCUT2D eigenvalue weighted by molar-refractivity contribution is 7.42. The molecule has 0 aromatic heterocycles. The SMILES string of the molecule is COc1cc(C)cc(-c2cc(C(C)C)c(C)cc2OP2OC(c3ccccc3)(c3ccccc3)C(c3ccccc3)(c3ccccc3)O2)c1OP1OC(c2ccccc2)(c2ccccc2)C(c2ccccc2)(c2ccccc2)O1. The number of aryl methyl sites for hydroxylation is 2. The Bertz CT molecular complexity index is 3330. The molecule has 2 fully saturated rings.